The fourth-order valence-electron chi connectivity index (χ4n) is 7.80. The van der Waals surface area contributed by atoms with Crippen LogP contribution in [0.1, 0.15) is 82.3 Å². The highest BCUT2D eigenvalue weighted by molar-refractivity contribution is 7.97. The van der Waals surface area contributed by atoms with Gasteiger partial charge in [-0.2, -0.15) is 37.0 Å². The molecule has 3 aromatic rings. The number of rotatable bonds is 7. The average Bonchev–Trinajstić information content (AvgIpc) is 3.69. The van der Waals surface area contributed by atoms with E-state index in [0.29, 0.717) is 49.0 Å². The number of ether oxygens (including phenoxy) is 2. The SMILES string of the molecule is C=C(F)F.CSNC(=O)c1nn2c(c1C)CN(c1nc(OCC34CCCN3CCC4)nc3c1COC(c1cc(N)cc(Cl)c1C(F)(F)F)C3)CCC2. The van der Waals surface area contributed by atoms with Crippen molar-refractivity contribution in [2.45, 2.75) is 83.0 Å². The third-order valence-corrected chi connectivity index (χ3v) is 10.8. The van der Waals surface area contributed by atoms with Gasteiger partial charge in [0.1, 0.15) is 12.4 Å². The number of fused-ring (bicyclic) bond motifs is 3. The van der Waals surface area contributed by atoms with Crippen molar-refractivity contribution in [2.75, 3.05) is 43.1 Å². The van der Waals surface area contributed by atoms with Crippen molar-refractivity contribution in [3.8, 4) is 6.01 Å². The van der Waals surface area contributed by atoms with E-state index in [1.807, 2.05) is 11.6 Å². The summed E-state index contributed by atoms with van der Waals surface area (Å²) in [6, 6.07) is 2.57. The standard InChI is InChI=1S/C32H38ClF3N8O3S.C2H2F2/c1-18-24-15-42(8-5-11-44(24)40-27(18)29(45)41-48-2)28-21-16-46-25(20-12-19(37)13-22(33)26(20)32(34,35)36)14-23(21)38-30(39-28)47-17-31-6-3-9-43(31)10-4-7-31;1-2(3)4/h12-13,25H,3-11,14-17,37H2,1-2H3,(H,41,45);1H2. The van der Waals surface area contributed by atoms with Gasteiger partial charge in [0.05, 0.1) is 46.8 Å². The number of carbonyl (C=O) groups is 1. The van der Waals surface area contributed by atoms with Gasteiger partial charge in [-0.15, -0.1) is 0 Å². The second kappa shape index (κ2) is 15.4. The summed E-state index contributed by atoms with van der Waals surface area (Å²) in [5, 5.41) is 4.14. The number of hydrogen-bond donors (Lipinski definition) is 2. The van der Waals surface area contributed by atoms with Crippen molar-refractivity contribution >= 4 is 41.0 Å². The molecule has 0 bridgehead atoms. The summed E-state index contributed by atoms with van der Waals surface area (Å²) in [6.07, 6.45) is -0.673. The molecule has 1 amide bonds. The van der Waals surface area contributed by atoms with Crippen LogP contribution in [0.15, 0.2) is 24.8 Å². The van der Waals surface area contributed by atoms with Crippen LogP contribution < -0.4 is 20.1 Å². The third kappa shape index (κ3) is 7.82. The van der Waals surface area contributed by atoms with Crippen molar-refractivity contribution in [2.24, 2.45) is 0 Å². The summed E-state index contributed by atoms with van der Waals surface area (Å²) in [7, 11) is 0. The van der Waals surface area contributed by atoms with E-state index in [1.54, 1.807) is 6.26 Å². The maximum absolute atomic E-state index is 14.2. The number of nitrogens with zero attached hydrogens (tertiary/aromatic N) is 6. The molecule has 11 nitrogen and oxygen atoms in total. The topological polar surface area (TPSA) is 124 Å². The molecule has 0 spiro atoms. The molecule has 4 aliphatic rings. The van der Waals surface area contributed by atoms with E-state index < -0.39 is 28.9 Å². The smallest absolute Gasteiger partial charge is 0.418 e. The Morgan fingerprint density at radius 2 is 1.88 bits per heavy atom. The molecule has 6 heterocycles. The van der Waals surface area contributed by atoms with Gasteiger partial charge in [0, 0.05) is 42.6 Å². The summed E-state index contributed by atoms with van der Waals surface area (Å²) in [5.74, 6) is 0.347. The number of hydrogen-bond acceptors (Lipinski definition) is 10. The molecule has 0 saturated carbocycles. The lowest BCUT2D eigenvalue weighted by Gasteiger charge is -2.33. The first kappa shape index (κ1) is 38.1. The number of alkyl halides is 3. The van der Waals surface area contributed by atoms with Gasteiger partial charge in [-0.1, -0.05) is 23.5 Å². The minimum Gasteiger partial charge on any atom is -0.461 e. The van der Waals surface area contributed by atoms with Gasteiger partial charge >= 0.3 is 12.2 Å². The number of nitrogens with two attached hydrogens (primary N) is 1. The Hall–Kier alpha value is -3.67. The van der Waals surface area contributed by atoms with E-state index in [9.17, 15) is 26.7 Å². The molecule has 282 valence electrons. The molecule has 0 aliphatic carbocycles. The lowest BCUT2D eigenvalue weighted by Crippen LogP contribution is -2.43. The average molecular weight is 771 g/mol. The van der Waals surface area contributed by atoms with Crippen LogP contribution in [-0.2, 0) is 37.0 Å². The molecule has 0 radical (unpaired) electrons. The molecule has 1 atom stereocenters. The lowest BCUT2D eigenvalue weighted by atomic mass is 9.94. The summed E-state index contributed by atoms with van der Waals surface area (Å²) in [5.41, 5.74) is 8.23. The fraction of sp³-hybridized carbons (Fsp3) is 0.529. The predicted octanol–water partition coefficient (Wildman–Crippen LogP) is 6.87. The van der Waals surface area contributed by atoms with Crippen molar-refractivity contribution in [1.29, 1.82) is 0 Å². The number of aromatic nitrogens is 4. The first-order valence-corrected chi connectivity index (χ1v) is 18.5. The highest BCUT2D eigenvalue weighted by Crippen LogP contribution is 2.45. The molecular weight excluding hydrogens is 731 g/mol. The van der Waals surface area contributed by atoms with Crippen molar-refractivity contribution in [3.05, 3.63) is 69.2 Å². The molecule has 2 aromatic heterocycles. The van der Waals surface area contributed by atoms with Crippen molar-refractivity contribution in [1.82, 2.24) is 29.4 Å². The monoisotopic (exact) mass is 770 g/mol. The zero-order valence-corrected chi connectivity index (χ0v) is 30.4. The van der Waals surface area contributed by atoms with Crippen LogP contribution in [0.3, 0.4) is 0 Å². The lowest BCUT2D eigenvalue weighted by molar-refractivity contribution is -0.139. The normalized spacial score (nSPS) is 19.5. The Morgan fingerprint density at radius 1 is 1.17 bits per heavy atom. The molecule has 7 rings (SSSR count). The van der Waals surface area contributed by atoms with Gasteiger partial charge in [0.2, 0.25) is 0 Å². The molecule has 1 unspecified atom stereocenters. The van der Waals surface area contributed by atoms with Crippen LogP contribution >= 0.6 is 23.5 Å². The highest BCUT2D eigenvalue weighted by Gasteiger charge is 2.45. The fourth-order valence-corrected chi connectivity index (χ4v) is 8.42. The van der Waals surface area contributed by atoms with Gasteiger partial charge in [-0.25, -0.2) is 0 Å². The van der Waals surface area contributed by atoms with Gasteiger partial charge in [0.15, 0.2) is 5.69 Å². The minimum absolute atomic E-state index is 0.0207. The number of aryl methyl sites for hydroxylation is 1. The molecular formula is C34H40ClF5N8O3S. The van der Waals surface area contributed by atoms with Gasteiger partial charge in [0.25, 0.3) is 12.0 Å². The molecule has 2 saturated heterocycles. The maximum atomic E-state index is 14.2. The van der Waals surface area contributed by atoms with Crippen LogP contribution in [0.5, 0.6) is 6.01 Å². The second-order valence-corrected chi connectivity index (χ2v) is 14.3. The highest BCUT2D eigenvalue weighted by atomic mass is 35.5. The van der Waals surface area contributed by atoms with Crippen molar-refractivity contribution < 1.29 is 36.2 Å². The Kier molecular flexibility index (Phi) is 11.2. The number of nitrogens with one attached hydrogen (secondary N) is 1. The summed E-state index contributed by atoms with van der Waals surface area (Å²) in [6.45, 7) is 8.27. The zero-order valence-electron chi connectivity index (χ0n) is 28.8. The van der Waals surface area contributed by atoms with Gasteiger partial charge in [-0.3, -0.25) is 19.1 Å². The number of carbonyl (C=O) groups excluding carboxylic acids is 1. The Balaban J connectivity index is 0.00000110. The number of halogens is 6. The van der Waals surface area contributed by atoms with Crippen LogP contribution in [-0.4, -0.2) is 68.6 Å². The van der Waals surface area contributed by atoms with Gasteiger partial charge < -0.3 is 20.1 Å². The Labute approximate surface area is 307 Å². The molecule has 18 heteroatoms. The van der Waals surface area contributed by atoms with E-state index in [4.69, 9.17) is 36.8 Å². The maximum Gasteiger partial charge on any atom is 0.418 e. The Bertz CT molecular complexity index is 1830. The molecule has 52 heavy (non-hydrogen) atoms. The number of benzene rings is 1. The van der Waals surface area contributed by atoms with E-state index in [1.165, 1.54) is 18.0 Å². The molecule has 1 aromatic carbocycles. The number of amides is 1. The van der Waals surface area contributed by atoms with E-state index in [2.05, 4.69) is 26.2 Å². The zero-order chi connectivity index (χ0) is 37.4. The van der Waals surface area contributed by atoms with E-state index in [0.717, 1.165) is 62.5 Å². The summed E-state index contributed by atoms with van der Waals surface area (Å²) >= 11 is 7.32. The van der Waals surface area contributed by atoms with Crippen LogP contribution in [0, 0.1) is 6.92 Å². The summed E-state index contributed by atoms with van der Waals surface area (Å²) in [4.78, 5) is 27.1. The van der Waals surface area contributed by atoms with Gasteiger partial charge in [-0.05, 0) is 76.4 Å². The van der Waals surface area contributed by atoms with E-state index >= 15 is 0 Å². The van der Waals surface area contributed by atoms with Crippen LogP contribution in [0.4, 0.5) is 33.5 Å². The predicted molar refractivity (Wildman–Crippen MR) is 187 cm³/mol. The third-order valence-electron chi connectivity index (χ3n) is 10.1. The Morgan fingerprint density at radius 3 is 2.56 bits per heavy atom. The number of nitrogen functional groups attached to an aromatic ring is 1. The number of anilines is 2. The minimum atomic E-state index is -4.71. The van der Waals surface area contributed by atoms with E-state index in [-0.39, 0.29) is 41.7 Å². The van der Waals surface area contributed by atoms with Crippen molar-refractivity contribution in [3.63, 3.8) is 0 Å². The first-order chi connectivity index (χ1) is 24.7. The second-order valence-electron chi connectivity index (χ2n) is 13.3. The molecule has 3 N–H and O–H groups in total. The summed E-state index contributed by atoms with van der Waals surface area (Å²) < 4.78 is 80.2. The quantitative estimate of drug-likeness (QED) is 0.150. The molecule has 4 aliphatic heterocycles. The molecule has 2 fully saturated rings. The van der Waals surface area contributed by atoms with Crippen LogP contribution in [0.2, 0.25) is 5.02 Å². The van der Waals surface area contributed by atoms with Crippen LogP contribution in [0.25, 0.3) is 0 Å². The largest absolute Gasteiger partial charge is 0.461 e. The first-order valence-electron chi connectivity index (χ1n) is 16.9.